The Morgan fingerprint density at radius 2 is 2.23 bits per heavy atom. The summed E-state index contributed by atoms with van der Waals surface area (Å²) >= 11 is 0. The lowest BCUT2D eigenvalue weighted by Gasteiger charge is -2.25. The van der Waals surface area contributed by atoms with Gasteiger partial charge in [-0.3, -0.25) is 4.79 Å². The number of pyridine rings is 1. The molecule has 0 bridgehead atoms. The number of methoxy groups -OCH3 is 1. The fourth-order valence-electron chi connectivity index (χ4n) is 3.34. The number of nitrogens with one attached hydrogen (secondary N) is 1. The minimum Gasteiger partial charge on any atom is -0.380 e. The van der Waals surface area contributed by atoms with Crippen LogP contribution in [0.15, 0.2) is 49.3 Å². The number of carbonyl (C=O) groups is 1. The topological polar surface area (TPSA) is 84.6 Å². The van der Waals surface area contributed by atoms with Gasteiger partial charge in [0.2, 0.25) is 0 Å². The van der Waals surface area contributed by atoms with E-state index in [1.54, 1.807) is 31.8 Å². The number of hydrogen-bond donors (Lipinski definition) is 1. The van der Waals surface area contributed by atoms with Crippen molar-refractivity contribution in [2.75, 3.05) is 25.1 Å². The third-order valence-electron chi connectivity index (χ3n) is 4.72. The van der Waals surface area contributed by atoms with Gasteiger partial charge < -0.3 is 19.4 Å². The molecule has 8 heteroatoms. The molecule has 1 saturated heterocycles. The minimum absolute atomic E-state index is 0.107. The average Bonchev–Trinajstić information content (AvgIpc) is 3.32. The van der Waals surface area contributed by atoms with Gasteiger partial charge in [-0.25, -0.2) is 15.0 Å². The normalized spacial score (nSPS) is 19.8. The quantitative estimate of drug-likeness (QED) is 0.741. The van der Waals surface area contributed by atoms with Gasteiger partial charge in [-0.05, 0) is 24.6 Å². The maximum absolute atomic E-state index is 12.5. The van der Waals surface area contributed by atoms with Gasteiger partial charge in [0.05, 0.1) is 17.7 Å². The van der Waals surface area contributed by atoms with Crippen molar-refractivity contribution in [3.05, 3.63) is 54.9 Å². The lowest BCUT2D eigenvalue weighted by atomic mass is 10.2. The number of nitrogens with zero attached hydrogens (tertiary/aromatic N) is 5. The van der Waals surface area contributed by atoms with Crippen molar-refractivity contribution in [1.29, 1.82) is 0 Å². The molecule has 1 amide bonds. The van der Waals surface area contributed by atoms with Crippen LogP contribution in [0.5, 0.6) is 0 Å². The van der Waals surface area contributed by atoms with E-state index in [1.165, 1.54) is 6.33 Å². The zero-order chi connectivity index (χ0) is 17.9. The smallest absolute Gasteiger partial charge is 0.252 e. The maximum atomic E-state index is 12.5. The molecule has 0 spiro atoms. The summed E-state index contributed by atoms with van der Waals surface area (Å²) in [7, 11) is 1.71. The standard InChI is InChI=1S/C18H20N6O2/c1-26-15-8-14(24(11-15)17-4-5-19-12-22-17)9-21-18(25)13-2-3-16-20-6-7-23(16)10-13/h2-7,10,12,14-15H,8-9,11H2,1H3,(H,21,25)/t14-,15-/m1/s1. The Balaban J connectivity index is 1.45. The van der Waals surface area contributed by atoms with E-state index in [4.69, 9.17) is 4.74 Å². The number of carbonyl (C=O) groups excluding carboxylic acids is 1. The molecule has 26 heavy (non-hydrogen) atoms. The van der Waals surface area contributed by atoms with E-state index in [2.05, 4.69) is 25.2 Å². The molecule has 3 aromatic heterocycles. The van der Waals surface area contributed by atoms with Crippen LogP contribution in [0.25, 0.3) is 5.65 Å². The highest BCUT2D eigenvalue weighted by molar-refractivity contribution is 5.94. The summed E-state index contributed by atoms with van der Waals surface area (Å²) in [5.74, 6) is 0.739. The molecule has 4 heterocycles. The molecule has 8 nitrogen and oxygen atoms in total. The second kappa shape index (κ2) is 7.09. The van der Waals surface area contributed by atoms with Gasteiger partial charge in [-0.2, -0.15) is 0 Å². The molecule has 0 aliphatic carbocycles. The van der Waals surface area contributed by atoms with E-state index in [1.807, 2.05) is 22.7 Å². The number of ether oxygens (including phenoxy) is 1. The van der Waals surface area contributed by atoms with Crippen molar-refractivity contribution in [2.45, 2.75) is 18.6 Å². The molecule has 0 aromatic carbocycles. The van der Waals surface area contributed by atoms with E-state index in [0.29, 0.717) is 12.1 Å². The fraction of sp³-hybridized carbons (Fsp3) is 0.333. The molecular weight excluding hydrogens is 332 g/mol. The van der Waals surface area contributed by atoms with Crippen molar-refractivity contribution < 1.29 is 9.53 Å². The first-order chi connectivity index (χ1) is 12.7. The monoisotopic (exact) mass is 352 g/mol. The minimum atomic E-state index is -0.107. The van der Waals surface area contributed by atoms with Crippen LogP contribution in [0, 0.1) is 0 Å². The zero-order valence-electron chi connectivity index (χ0n) is 14.4. The number of hydrogen-bond acceptors (Lipinski definition) is 6. The van der Waals surface area contributed by atoms with Crippen LogP contribution in [0.4, 0.5) is 5.82 Å². The van der Waals surface area contributed by atoms with Crippen LogP contribution >= 0.6 is 0 Å². The molecule has 3 aromatic rings. The Kier molecular flexibility index (Phi) is 4.49. The van der Waals surface area contributed by atoms with E-state index in [-0.39, 0.29) is 18.1 Å². The van der Waals surface area contributed by atoms with Crippen molar-refractivity contribution in [2.24, 2.45) is 0 Å². The lowest BCUT2D eigenvalue weighted by molar-refractivity contribution is 0.0946. The van der Waals surface area contributed by atoms with Crippen molar-refractivity contribution in [1.82, 2.24) is 24.7 Å². The second-order valence-corrected chi connectivity index (χ2v) is 6.29. The lowest BCUT2D eigenvalue weighted by Crippen LogP contribution is -2.40. The average molecular weight is 352 g/mol. The van der Waals surface area contributed by atoms with Crippen LogP contribution in [-0.4, -0.2) is 57.6 Å². The summed E-state index contributed by atoms with van der Waals surface area (Å²) in [5.41, 5.74) is 1.42. The number of amides is 1. The number of aromatic nitrogens is 4. The Morgan fingerprint density at radius 1 is 1.31 bits per heavy atom. The first-order valence-corrected chi connectivity index (χ1v) is 8.51. The molecule has 134 valence electrons. The largest absolute Gasteiger partial charge is 0.380 e. The van der Waals surface area contributed by atoms with Crippen molar-refractivity contribution >= 4 is 17.4 Å². The highest BCUT2D eigenvalue weighted by Gasteiger charge is 2.33. The van der Waals surface area contributed by atoms with Crippen LogP contribution in [0.1, 0.15) is 16.8 Å². The molecule has 1 fully saturated rings. The molecule has 1 N–H and O–H groups in total. The van der Waals surface area contributed by atoms with Crippen molar-refractivity contribution in [3.8, 4) is 0 Å². The maximum Gasteiger partial charge on any atom is 0.252 e. The molecule has 0 unspecified atom stereocenters. The van der Waals surface area contributed by atoms with Gasteiger partial charge in [-0.1, -0.05) is 0 Å². The van der Waals surface area contributed by atoms with Gasteiger partial charge in [-0.15, -0.1) is 0 Å². The fourth-order valence-corrected chi connectivity index (χ4v) is 3.34. The van der Waals surface area contributed by atoms with Crippen molar-refractivity contribution in [3.63, 3.8) is 0 Å². The molecular formula is C18H20N6O2. The number of rotatable bonds is 5. The molecule has 1 aliphatic rings. The van der Waals surface area contributed by atoms with E-state index < -0.39 is 0 Å². The van der Waals surface area contributed by atoms with Crippen LogP contribution < -0.4 is 10.2 Å². The zero-order valence-corrected chi connectivity index (χ0v) is 14.4. The molecule has 0 saturated carbocycles. The Morgan fingerprint density at radius 3 is 3.04 bits per heavy atom. The number of imidazole rings is 1. The predicted molar refractivity (Wildman–Crippen MR) is 96.1 cm³/mol. The summed E-state index contributed by atoms with van der Waals surface area (Å²) in [6, 6.07) is 5.61. The van der Waals surface area contributed by atoms with Gasteiger partial charge in [0.15, 0.2) is 0 Å². The summed E-state index contributed by atoms with van der Waals surface area (Å²) in [4.78, 5) is 27.2. The molecule has 1 aliphatic heterocycles. The van der Waals surface area contributed by atoms with E-state index in [0.717, 1.165) is 24.4 Å². The van der Waals surface area contributed by atoms with Crippen LogP contribution in [0.3, 0.4) is 0 Å². The van der Waals surface area contributed by atoms with Gasteiger partial charge >= 0.3 is 0 Å². The highest BCUT2D eigenvalue weighted by Crippen LogP contribution is 2.24. The number of anilines is 1. The second-order valence-electron chi connectivity index (χ2n) is 6.29. The van der Waals surface area contributed by atoms with Gasteiger partial charge in [0, 0.05) is 45.0 Å². The number of fused-ring (bicyclic) bond motifs is 1. The van der Waals surface area contributed by atoms with Crippen LogP contribution in [-0.2, 0) is 4.74 Å². The summed E-state index contributed by atoms with van der Waals surface area (Å²) in [6.45, 7) is 1.26. The third-order valence-corrected chi connectivity index (χ3v) is 4.72. The Labute approximate surface area is 150 Å². The van der Waals surface area contributed by atoms with Gasteiger partial charge in [0.25, 0.3) is 5.91 Å². The Hall–Kier alpha value is -3.00. The first-order valence-electron chi connectivity index (χ1n) is 8.51. The third kappa shape index (κ3) is 3.23. The summed E-state index contributed by atoms with van der Waals surface area (Å²) in [6.07, 6.45) is 9.52. The van der Waals surface area contributed by atoms with E-state index >= 15 is 0 Å². The highest BCUT2D eigenvalue weighted by atomic mass is 16.5. The SMILES string of the molecule is CO[C@@H]1C[C@H](CNC(=O)c2ccc3nccn3c2)N(c2ccncn2)C1. The molecule has 4 rings (SSSR count). The van der Waals surface area contributed by atoms with Crippen LogP contribution in [0.2, 0.25) is 0 Å². The summed E-state index contributed by atoms with van der Waals surface area (Å²) in [5, 5.41) is 3.03. The first kappa shape index (κ1) is 16.5. The predicted octanol–water partition coefficient (Wildman–Crippen LogP) is 1.15. The Bertz CT molecular complexity index is 897. The molecule has 0 radical (unpaired) electrons. The van der Waals surface area contributed by atoms with E-state index in [9.17, 15) is 4.79 Å². The van der Waals surface area contributed by atoms with Gasteiger partial charge in [0.1, 0.15) is 17.8 Å². The molecule has 2 atom stereocenters. The summed E-state index contributed by atoms with van der Waals surface area (Å²) < 4.78 is 7.35.